The van der Waals surface area contributed by atoms with Gasteiger partial charge in [-0.2, -0.15) is 0 Å². The molecule has 3 heteroatoms. The van der Waals surface area contributed by atoms with Crippen LogP contribution in [-0.4, -0.2) is 17.1 Å². The average Bonchev–Trinajstić information content (AvgIpc) is 2.62. The van der Waals surface area contributed by atoms with Gasteiger partial charge in [-0.15, -0.1) is 0 Å². The number of carboxylic acid groups (broad SMARTS) is 1. The minimum absolute atomic E-state index is 0.294. The van der Waals surface area contributed by atoms with Crippen LogP contribution in [0, 0.1) is 0 Å². The van der Waals surface area contributed by atoms with Crippen LogP contribution in [0.3, 0.4) is 0 Å². The standard InChI is InChI=1S/C21H25NO2/c1-21(18-5-3-2-4-6-18)13-11-19(12-14-21)22-15-16-7-9-17(10-8-16)20(23)24/h2-10,19,22H,11-15H2,1H3,(H,23,24). The summed E-state index contributed by atoms with van der Waals surface area (Å²) in [6, 6.07) is 18.5. The van der Waals surface area contributed by atoms with E-state index in [0.29, 0.717) is 17.0 Å². The van der Waals surface area contributed by atoms with E-state index in [2.05, 4.69) is 42.6 Å². The van der Waals surface area contributed by atoms with Crippen molar-refractivity contribution < 1.29 is 9.90 Å². The van der Waals surface area contributed by atoms with Crippen molar-refractivity contribution in [1.82, 2.24) is 5.32 Å². The summed E-state index contributed by atoms with van der Waals surface area (Å²) in [6.07, 6.45) is 4.76. The second kappa shape index (κ2) is 7.18. The fourth-order valence-electron chi connectivity index (χ4n) is 3.62. The Morgan fingerprint density at radius 3 is 2.29 bits per heavy atom. The lowest BCUT2D eigenvalue weighted by atomic mass is 9.69. The fourth-order valence-corrected chi connectivity index (χ4v) is 3.62. The minimum atomic E-state index is -0.873. The number of rotatable bonds is 5. The van der Waals surface area contributed by atoms with Crippen LogP contribution in [0.15, 0.2) is 54.6 Å². The Morgan fingerprint density at radius 2 is 1.71 bits per heavy atom. The van der Waals surface area contributed by atoms with Gasteiger partial charge in [0.1, 0.15) is 0 Å². The zero-order valence-corrected chi connectivity index (χ0v) is 14.2. The van der Waals surface area contributed by atoms with Crippen LogP contribution in [-0.2, 0) is 12.0 Å². The number of carboxylic acids is 1. The van der Waals surface area contributed by atoms with Gasteiger partial charge in [-0.3, -0.25) is 0 Å². The van der Waals surface area contributed by atoms with Crippen molar-refractivity contribution in [2.45, 2.75) is 50.6 Å². The molecule has 1 fully saturated rings. The molecule has 0 atom stereocenters. The first-order chi connectivity index (χ1) is 11.6. The molecular formula is C21H25NO2. The summed E-state index contributed by atoms with van der Waals surface area (Å²) >= 11 is 0. The number of hydrogen-bond acceptors (Lipinski definition) is 2. The molecule has 1 saturated carbocycles. The smallest absolute Gasteiger partial charge is 0.335 e. The van der Waals surface area contributed by atoms with Gasteiger partial charge < -0.3 is 10.4 Å². The molecule has 0 spiro atoms. The summed E-state index contributed by atoms with van der Waals surface area (Å²) in [5.41, 5.74) is 3.22. The van der Waals surface area contributed by atoms with Gasteiger partial charge in [0.15, 0.2) is 0 Å². The highest BCUT2D eigenvalue weighted by Crippen LogP contribution is 2.38. The van der Waals surface area contributed by atoms with E-state index in [4.69, 9.17) is 5.11 Å². The molecule has 1 aliphatic carbocycles. The van der Waals surface area contributed by atoms with Crippen LogP contribution >= 0.6 is 0 Å². The Labute approximate surface area is 143 Å². The first-order valence-corrected chi connectivity index (χ1v) is 8.68. The lowest BCUT2D eigenvalue weighted by Gasteiger charge is -2.38. The van der Waals surface area contributed by atoms with E-state index < -0.39 is 5.97 Å². The van der Waals surface area contributed by atoms with E-state index in [1.807, 2.05) is 12.1 Å². The van der Waals surface area contributed by atoms with Gasteiger partial charge in [-0.25, -0.2) is 4.79 Å². The Bertz CT molecular complexity index is 671. The van der Waals surface area contributed by atoms with Gasteiger partial charge >= 0.3 is 5.97 Å². The summed E-state index contributed by atoms with van der Waals surface area (Å²) in [5, 5.41) is 12.6. The molecule has 2 aromatic carbocycles. The number of aromatic carboxylic acids is 1. The maximum atomic E-state index is 10.9. The lowest BCUT2D eigenvalue weighted by Crippen LogP contribution is -2.38. The van der Waals surface area contributed by atoms with Crippen LogP contribution in [0.1, 0.15) is 54.1 Å². The van der Waals surface area contributed by atoms with Crippen molar-refractivity contribution in [3.63, 3.8) is 0 Å². The second-order valence-electron chi connectivity index (χ2n) is 7.08. The van der Waals surface area contributed by atoms with Gasteiger partial charge in [-0.1, -0.05) is 49.4 Å². The molecule has 0 aliphatic heterocycles. The van der Waals surface area contributed by atoms with Crippen LogP contribution in [0.4, 0.5) is 0 Å². The Kier molecular flexibility index (Phi) is 5.00. The highest BCUT2D eigenvalue weighted by Gasteiger charge is 2.32. The third-order valence-electron chi connectivity index (χ3n) is 5.36. The molecule has 3 rings (SSSR count). The quantitative estimate of drug-likeness (QED) is 0.859. The van der Waals surface area contributed by atoms with Crippen LogP contribution in [0.5, 0.6) is 0 Å². The van der Waals surface area contributed by atoms with Gasteiger partial charge in [0, 0.05) is 12.6 Å². The fraction of sp³-hybridized carbons (Fsp3) is 0.381. The number of nitrogens with one attached hydrogen (secondary N) is 1. The highest BCUT2D eigenvalue weighted by molar-refractivity contribution is 5.87. The molecule has 0 aromatic heterocycles. The second-order valence-corrected chi connectivity index (χ2v) is 7.08. The van der Waals surface area contributed by atoms with E-state index in [1.165, 1.54) is 31.2 Å². The normalized spacial score (nSPS) is 23.8. The maximum Gasteiger partial charge on any atom is 0.335 e. The van der Waals surface area contributed by atoms with Gasteiger partial charge in [0.2, 0.25) is 0 Å². The zero-order valence-electron chi connectivity index (χ0n) is 14.2. The molecule has 0 radical (unpaired) electrons. The monoisotopic (exact) mass is 323 g/mol. The van der Waals surface area contributed by atoms with E-state index >= 15 is 0 Å². The molecule has 24 heavy (non-hydrogen) atoms. The summed E-state index contributed by atoms with van der Waals surface area (Å²) in [4.78, 5) is 10.9. The molecule has 0 heterocycles. The van der Waals surface area contributed by atoms with Crippen LogP contribution in [0.2, 0.25) is 0 Å². The first kappa shape index (κ1) is 16.7. The molecule has 1 aliphatic rings. The molecule has 0 bridgehead atoms. The van der Waals surface area contributed by atoms with E-state index in [9.17, 15) is 4.79 Å². The molecule has 2 aromatic rings. The Morgan fingerprint density at radius 1 is 1.08 bits per heavy atom. The molecular weight excluding hydrogens is 298 g/mol. The third-order valence-corrected chi connectivity index (χ3v) is 5.36. The lowest BCUT2D eigenvalue weighted by molar-refractivity contribution is 0.0697. The van der Waals surface area contributed by atoms with Crippen LogP contribution < -0.4 is 5.32 Å². The third kappa shape index (κ3) is 3.85. The highest BCUT2D eigenvalue weighted by atomic mass is 16.4. The van der Waals surface area contributed by atoms with E-state index in [0.717, 1.165) is 12.1 Å². The summed E-state index contributed by atoms with van der Waals surface area (Å²) in [6.45, 7) is 3.18. The maximum absolute atomic E-state index is 10.9. The van der Waals surface area contributed by atoms with Gasteiger partial charge in [0.05, 0.1) is 5.56 Å². The van der Waals surface area contributed by atoms with Crippen molar-refractivity contribution in [1.29, 1.82) is 0 Å². The molecule has 0 saturated heterocycles. The number of hydrogen-bond donors (Lipinski definition) is 2. The summed E-state index contributed by atoms with van der Waals surface area (Å²) < 4.78 is 0. The summed E-state index contributed by atoms with van der Waals surface area (Å²) in [7, 11) is 0. The molecule has 126 valence electrons. The van der Waals surface area contributed by atoms with E-state index in [-0.39, 0.29) is 0 Å². The first-order valence-electron chi connectivity index (χ1n) is 8.68. The molecule has 2 N–H and O–H groups in total. The largest absolute Gasteiger partial charge is 0.478 e. The van der Waals surface area contributed by atoms with Crippen molar-refractivity contribution >= 4 is 5.97 Å². The predicted octanol–water partition coefficient (Wildman–Crippen LogP) is 4.37. The van der Waals surface area contributed by atoms with Crippen molar-refractivity contribution in [2.24, 2.45) is 0 Å². The minimum Gasteiger partial charge on any atom is -0.478 e. The SMILES string of the molecule is CC1(c2ccccc2)CCC(NCc2ccc(C(=O)O)cc2)CC1. The molecule has 0 amide bonds. The van der Waals surface area contributed by atoms with Crippen molar-refractivity contribution in [2.75, 3.05) is 0 Å². The number of carbonyl (C=O) groups is 1. The van der Waals surface area contributed by atoms with Crippen LogP contribution in [0.25, 0.3) is 0 Å². The Hall–Kier alpha value is -2.13. The molecule has 0 unspecified atom stereocenters. The van der Waals surface area contributed by atoms with E-state index in [1.54, 1.807) is 12.1 Å². The zero-order chi connectivity index (χ0) is 17.0. The molecule has 3 nitrogen and oxygen atoms in total. The topological polar surface area (TPSA) is 49.3 Å². The van der Waals surface area contributed by atoms with Gasteiger partial charge in [-0.05, 0) is 54.4 Å². The Balaban J connectivity index is 1.51. The predicted molar refractivity (Wildman–Crippen MR) is 96.3 cm³/mol. The van der Waals surface area contributed by atoms with Gasteiger partial charge in [0.25, 0.3) is 0 Å². The summed E-state index contributed by atoms with van der Waals surface area (Å²) in [5.74, 6) is -0.873. The van der Waals surface area contributed by atoms with Crippen molar-refractivity contribution in [3.05, 3.63) is 71.3 Å². The number of benzene rings is 2. The van der Waals surface area contributed by atoms with Crippen molar-refractivity contribution in [3.8, 4) is 0 Å². The average molecular weight is 323 g/mol.